The molecular weight excluding hydrogens is 559 g/mol. The number of benzene rings is 3. The Bertz CT molecular complexity index is 1370. The molecule has 0 saturated heterocycles. The molecule has 3 aromatic carbocycles. The molecule has 7 nitrogen and oxygen atoms in total. The summed E-state index contributed by atoms with van der Waals surface area (Å²) in [7, 11) is 0. The van der Waals surface area contributed by atoms with E-state index in [1.54, 1.807) is 54.6 Å². The minimum Gasteiger partial charge on any atom is -0.488 e. The SMILES string of the molecule is O=C(O)c1ccc(COc2ccc(/C=N/NC(=O)c3cc4cc(Cl)ccc4o3)cc2I)cc1. The van der Waals surface area contributed by atoms with Gasteiger partial charge in [-0.2, -0.15) is 5.10 Å². The number of nitrogens with zero attached hydrogens (tertiary/aromatic N) is 1. The lowest BCUT2D eigenvalue weighted by Crippen LogP contribution is -2.16. The Labute approximate surface area is 207 Å². The zero-order chi connectivity index (χ0) is 23.4. The summed E-state index contributed by atoms with van der Waals surface area (Å²) in [5.74, 6) is -0.616. The van der Waals surface area contributed by atoms with Gasteiger partial charge in [-0.25, -0.2) is 10.2 Å². The molecule has 4 aromatic rings. The Hall–Kier alpha value is -3.37. The maximum absolute atomic E-state index is 12.3. The van der Waals surface area contributed by atoms with E-state index in [0.29, 0.717) is 23.0 Å². The normalized spacial score (nSPS) is 11.1. The maximum Gasteiger partial charge on any atom is 0.335 e. The molecule has 0 atom stereocenters. The maximum atomic E-state index is 12.3. The fourth-order valence-electron chi connectivity index (χ4n) is 2.97. The van der Waals surface area contributed by atoms with Gasteiger partial charge in [-0.15, -0.1) is 0 Å². The van der Waals surface area contributed by atoms with Crippen LogP contribution in [0.5, 0.6) is 5.75 Å². The first-order valence-corrected chi connectivity index (χ1v) is 11.1. The highest BCUT2D eigenvalue weighted by atomic mass is 127. The first-order valence-electron chi connectivity index (χ1n) is 9.66. The van der Waals surface area contributed by atoms with Gasteiger partial charge in [-0.1, -0.05) is 23.7 Å². The molecule has 0 unspecified atom stereocenters. The number of carboxylic acids is 1. The number of hydrazone groups is 1. The predicted octanol–water partition coefficient (Wildman–Crippen LogP) is 5.73. The number of carboxylic acid groups (broad SMARTS) is 1. The third-order valence-electron chi connectivity index (χ3n) is 4.63. The lowest BCUT2D eigenvalue weighted by Gasteiger charge is -2.09. The van der Waals surface area contributed by atoms with Crippen molar-refractivity contribution in [1.29, 1.82) is 0 Å². The van der Waals surface area contributed by atoms with E-state index >= 15 is 0 Å². The standard InChI is InChI=1S/C24H16ClIN2O5/c25-18-6-8-20-17(10-18)11-22(33-20)23(29)28-27-12-15-3-7-21(19(26)9-15)32-13-14-1-4-16(5-2-14)24(30)31/h1-12H,13H2,(H,28,29)(H,30,31)/b27-12+. The molecule has 0 saturated carbocycles. The van der Waals surface area contributed by atoms with Crippen molar-refractivity contribution in [3.8, 4) is 5.75 Å². The Morgan fingerprint density at radius 1 is 1.09 bits per heavy atom. The van der Waals surface area contributed by atoms with Crippen LogP contribution in [0.3, 0.4) is 0 Å². The van der Waals surface area contributed by atoms with Crippen molar-refractivity contribution >= 4 is 63.3 Å². The summed E-state index contributed by atoms with van der Waals surface area (Å²) in [6.45, 7) is 0.308. The van der Waals surface area contributed by atoms with E-state index in [2.05, 4.69) is 33.1 Å². The smallest absolute Gasteiger partial charge is 0.335 e. The van der Waals surface area contributed by atoms with Crippen LogP contribution in [0.1, 0.15) is 32.0 Å². The van der Waals surface area contributed by atoms with Crippen LogP contribution in [0.4, 0.5) is 0 Å². The molecule has 0 spiro atoms. The van der Waals surface area contributed by atoms with Gasteiger partial charge in [-0.05, 0) is 88.3 Å². The van der Waals surface area contributed by atoms with E-state index < -0.39 is 11.9 Å². The highest BCUT2D eigenvalue weighted by molar-refractivity contribution is 14.1. The average Bonchev–Trinajstić information content (AvgIpc) is 3.22. The minimum absolute atomic E-state index is 0.138. The zero-order valence-electron chi connectivity index (χ0n) is 16.9. The van der Waals surface area contributed by atoms with Gasteiger partial charge in [0.2, 0.25) is 0 Å². The van der Waals surface area contributed by atoms with E-state index in [1.165, 1.54) is 6.21 Å². The molecule has 0 aliphatic rings. The number of ether oxygens (including phenoxy) is 1. The van der Waals surface area contributed by atoms with Gasteiger partial charge in [0.1, 0.15) is 17.9 Å². The van der Waals surface area contributed by atoms with Crippen molar-refractivity contribution in [2.45, 2.75) is 6.61 Å². The number of rotatable bonds is 7. The highest BCUT2D eigenvalue weighted by Gasteiger charge is 2.12. The number of halogens is 2. The molecule has 1 heterocycles. The van der Waals surface area contributed by atoms with E-state index in [0.717, 1.165) is 20.1 Å². The van der Waals surface area contributed by atoms with Gasteiger partial charge >= 0.3 is 11.9 Å². The topological polar surface area (TPSA) is 101 Å². The lowest BCUT2D eigenvalue weighted by atomic mass is 10.1. The lowest BCUT2D eigenvalue weighted by molar-refractivity contribution is 0.0696. The molecule has 0 bridgehead atoms. The summed E-state index contributed by atoms with van der Waals surface area (Å²) in [5.41, 5.74) is 4.87. The number of carbonyl (C=O) groups is 2. The average molecular weight is 575 g/mol. The van der Waals surface area contributed by atoms with Gasteiger partial charge < -0.3 is 14.3 Å². The van der Waals surface area contributed by atoms with E-state index in [4.69, 9.17) is 25.9 Å². The number of aromatic carboxylic acids is 1. The Kier molecular flexibility index (Phi) is 6.95. The van der Waals surface area contributed by atoms with Gasteiger partial charge in [-0.3, -0.25) is 4.79 Å². The van der Waals surface area contributed by atoms with Crippen LogP contribution in [0.2, 0.25) is 5.02 Å². The molecule has 1 amide bonds. The molecule has 33 heavy (non-hydrogen) atoms. The molecule has 2 N–H and O–H groups in total. The largest absolute Gasteiger partial charge is 0.488 e. The molecule has 0 radical (unpaired) electrons. The summed E-state index contributed by atoms with van der Waals surface area (Å²) in [6.07, 6.45) is 1.52. The van der Waals surface area contributed by atoms with Crippen LogP contribution in [0.25, 0.3) is 11.0 Å². The van der Waals surface area contributed by atoms with Gasteiger partial charge in [0.15, 0.2) is 5.76 Å². The van der Waals surface area contributed by atoms with Crippen molar-refractivity contribution in [2.75, 3.05) is 0 Å². The number of nitrogens with one attached hydrogen (secondary N) is 1. The number of hydrogen-bond acceptors (Lipinski definition) is 5. The number of amides is 1. The number of hydrogen-bond donors (Lipinski definition) is 2. The van der Waals surface area contributed by atoms with Crippen LogP contribution in [-0.2, 0) is 6.61 Å². The van der Waals surface area contributed by atoms with E-state index in [-0.39, 0.29) is 11.3 Å². The fourth-order valence-corrected chi connectivity index (χ4v) is 3.84. The van der Waals surface area contributed by atoms with Gasteiger partial charge in [0.05, 0.1) is 15.3 Å². The van der Waals surface area contributed by atoms with Crippen LogP contribution < -0.4 is 10.2 Å². The van der Waals surface area contributed by atoms with Gasteiger partial charge in [0.25, 0.3) is 0 Å². The van der Waals surface area contributed by atoms with Crippen molar-refractivity contribution in [1.82, 2.24) is 5.43 Å². The molecule has 0 aliphatic heterocycles. The molecule has 0 aliphatic carbocycles. The number of furan rings is 1. The molecular formula is C24H16ClIN2O5. The molecule has 1 aromatic heterocycles. The first-order chi connectivity index (χ1) is 15.9. The van der Waals surface area contributed by atoms with Crippen LogP contribution in [-0.4, -0.2) is 23.2 Å². The second-order valence-corrected chi connectivity index (χ2v) is 8.57. The van der Waals surface area contributed by atoms with Crippen LogP contribution >= 0.6 is 34.2 Å². The molecule has 166 valence electrons. The Morgan fingerprint density at radius 3 is 2.61 bits per heavy atom. The monoisotopic (exact) mass is 574 g/mol. The van der Waals surface area contributed by atoms with Crippen molar-refractivity contribution in [3.63, 3.8) is 0 Å². The predicted molar refractivity (Wildman–Crippen MR) is 133 cm³/mol. The number of carbonyl (C=O) groups excluding carboxylic acids is 1. The second kappa shape index (κ2) is 10.1. The van der Waals surface area contributed by atoms with E-state index in [9.17, 15) is 9.59 Å². The summed E-state index contributed by atoms with van der Waals surface area (Å²) in [4.78, 5) is 23.2. The van der Waals surface area contributed by atoms with Crippen LogP contribution in [0, 0.1) is 3.57 Å². The Morgan fingerprint density at radius 2 is 1.88 bits per heavy atom. The third-order valence-corrected chi connectivity index (χ3v) is 5.71. The van der Waals surface area contributed by atoms with Crippen molar-refractivity contribution < 1.29 is 23.8 Å². The zero-order valence-corrected chi connectivity index (χ0v) is 19.8. The summed E-state index contributed by atoms with van der Waals surface area (Å²) < 4.78 is 12.2. The summed E-state index contributed by atoms with van der Waals surface area (Å²) in [5, 5.41) is 14.2. The summed E-state index contributed by atoms with van der Waals surface area (Å²) >= 11 is 8.10. The number of fused-ring (bicyclic) bond motifs is 1. The Balaban J connectivity index is 1.35. The fraction of sp³-hybridized carbons (Fsp3) is 0.0417. The quantitative estimate of drug-likeness (QED) is 0.167. The van der Waals surface area contributed by atoms with E-state index in [1.807, 2.05) is 12.1 Å². The van der Waals surface area contributed by atoms with Crippen LogP contribution in [0.15, 0.2) is 76.2 Å². The first kappa shape index (κ1) is 22.8. The van der Waals surface area contributed by atoms with Gasteiger partial charge in [0, 0.05) is 10.4 Å². The minimum atomic E-state index is -0.965. The highest BCUT2D eigenvalue weighted by Crippen LogP contribution is 2.24. The summed E-state index contributed by atoms with van der Waals surface area (Å²) in [6, 6.07) is 18.7. The molecule has 0 fully saturated rings. The third kappa shape index (κ3) is 5.71. The van der Waals surface area contributed by atoms with Crippen molar-refractivity contribution in [2.24, 2.45) is 5.10 Å². The van der Waals surface area contributed by atoms with Crippen molar-refractivity contribution in [3.05, 3.63) is 97.8 Å². The molecule has 4 rings (SSSR count). The molecule has 9 heteroatoms. The second-order valence-electron chi connectivity index (χ2n) is 6.97.